The van der Waals surface area contributed by atoms with Gasteiger partial charge in [0.1, 0.15) is 11.6 Å². The first-order valence-electron chi connectivity index (χ1n) is 14.1. The fraction of sp³-hybridized carbons (Fsp3) is 0.250. The summed E-state index contributed by atoms with van der Waals surface area (Å²) in [5.41, 5.74) is 0.873. The summed E-state index contributed by atoms with van der Waals surface area (Å²) in [6, 6.07) is 17.3. The fourth-order valence-corrected chi connectivity index (χ4v) is 7.43. The fourth-order valence-electron chi connectivity index (χ4n) is 6.04. The molecule has 44 heavy (non-hydrogen) atoms. The lowest BCUT2D eigenvalue weighted by Gasteiger charge is -2.46. The van der Waals surface area contributed by atoms with Crippen LogP contribution in [0, 0.1) is 24.1 Å². The van der Waals surface area contributed by atoms with E-state index < -0.39 is 27.3 Å². The molecule has 12 heteroatoms. The summed E-state index contributed by atoms with van der Waals surface area (Å²) in [7, 11) is -4.51. The van der Waals surface area contributed by atoms with Crippen LogP contribution in [0.3, 0.4) is 0 Å². The van der Waals surface area contributed by atoms with Crippen LogP contribution in [-0.4, -0.2) is 62.0 Å². The molecule has 1 fully saturated rings. The first-order valence-corrected chi connectivity index (χ1v) is 15.6. The van der Waals surface area contributed by atoms with E-state index in [0.717, 1.165) is 15.6 Å². The average molecular weight is 613 g/mol. The molecule has 1 saturated heterocycles. The van der Waals surface area contributed by atoms with Gasteiger partial charge in [-0.1, -0.05) is 6.07 Å². The maximum Gasteiger partial charge on any atom is 0.288 e. The van der Waals surface area contributed by atoms with Gasteiger partial charge in [0.15, 0.2) is 10.6 Å². The minimum Gasteiger partial charge on any atom is -0.493 e. The lowest BCUT2D eigenvalue weighted by atomic mass is 9.80. The summed E-state index contributed by atoms with van der Waals surface area (Å²) in [4.78, 5) is 27.4. The molecule has 2 aromatic carbocycles. The van der Waals surface area contributed by atoms with Gasteiger partial charge in [-0.15, -0.1) is 0 Å². The second-order valence-corrected chi connectivity index (χ2v) is 12.3. The number of hydrogen-bond donors (Lipinski definition) is 0. The molecule has 2 aromatic heterocycles. The van der Waals surface area contributed by atoms with E-state index in [1.54, 1.807) is 38.4 Å². The minimum absolute atomic E-state index is 0.0970. The number of anilines is 2. The number of aryl methyl sites for hydroxylation is 1. The van der Waals surface area contributed by atoms with E-state index >= 15 is 4.79 Å². The summed E-state index contributed by atoms with van der Waals surface area (Å²) in [6.45, 7) is 5.38. The van der Waals surface area contributed by atoms with Crippen LogP contribution in [0.25, 0.3) is 0 Å². The number of carbonyl (C=O) groups excluding carboxylic acids is 1. The van der Waals surface area contributed by atoms with Gasteiger partial charge in [0.05, 0.1) is 23.9 Å². The second-order valence-electron chi connectivity index (χ2n) is 10.6. The first-order chi connectivity index (χ1) is 21.2. The van der Waals surface area contributed by atoms with Gasteiger partial charge in [0, 0.05) is 67.7 Å². The van der Waals surface area contributed by atoms with Gasteiger partial charge in [-0.05, 0) is 67.9 Å². The number of ether oxygens (including phenoxy) is 1. The highest BCUT2D eigenvalue weighted by Crippen LogP contribution is 2.53. The van der Waals surface area contributed by atoms with Crippen LogP contribution in [0.15, 0.2) is 84.3 Å². The maximum absolute atomic E-state index is 15.1. The van der Waals surface area contributed by atoms with Gasteiger partial charge in [0.2, 0.25) is 0 Å². The van der Waals surface area contributed by atoms with Gasteiger partial charge < -0.3 is 9.64 Å². The molecule has 2 aliphatic heterocycles. The second kappa shape index (κ2) is 11.3. The zero-order valence-electron chi connectivity index (χ0n) is 24.1. The summed E-state index contributed by atoms with van der Waals surface area (Å²) in [5, 5.41) is 9.58. The Balaban J connectivity index is 1.59. The van der Waals surface area contributed by atoms with Crippen LogP contribution >= 0.6 is 0 Å². The smallest absolute Gasteiger partial charge is 0.288 e. The predicted molar refractivity (Wildman–Crippen MR) is 161 cm³/mol. The molecule has 0 spiro atoms. The molecule has 224 valence electrons. The lowest BCUT2D eigenvalue weighted by Crippen LogP contribution is -2.60. The monoisotopic (exact) mass is 612 g/mol. The van der Waals surface area contributed by atoms with Crippen molar-refractivity contribution in [1.82, 2.24) is 14.9 Å². The van der Waals surface area contributed by atoms with Crippen molar-refractivity contribution < 1.29 is 22.3 Å². The maximum atomic E-state index is 15.1. The molecular formula is C32H29FN6O4S. The van der Waals surface area contributed by atoms with Gasteiger partial charge >= 0.3 is 0 Å². The number of carbonyl (C=O) groups is 1. The van der Waals surface area contributed by atoms with E-state index in [1.165, 1.54) is 42.6 Å². The number of amides is 1. The molecule has 0 radical (unpaired) electrons. The SMILES string of the molecule is CCOc1cc(F)ccc1C1(N2CCN(c3ccncc3)CC2)C(=O)N(S(=O)(=O)c2ccc(C)cn2)c2ccc(C#N)cc21. The van der Waals surface area contributed by atoms with Crippen molar-refractivity contribution in [2.75, 3.05) is 42.0 Å². The molecule has 0 bridgehead atoms. The highest BCUT2D eigenvalue weighted by molar-refractivity contribution is 7.93. The zero-order chi connectivity index (χ0) is 31.1. The molecule has 1 unspecified atom stereocenters. The number of fused-ring (bicyclic) bond motifs is 1. The van der Waals surface area contributed by atoms with E-state index in [1.807, 2.05) is 17.0 Å². The van der Waals surface area contributed by atoms with Crippen LogP contribution in [0.4, 0.5) is 15.8 Å². The molecule has 1 amide bonds. The highest BCUT2D eigenvalue weighted by Gasteiger charge is 2.61. The third-order valence-electron chi connectivity index (χ3n) is 8.03. The van der Waals surface area contributed by atoms with E-state index in [2.05, 4.69) is 20.9 Å². The molecular weight excluding hydrogens is 583 g/mol. The Kier molecular flexibility index (Phi) is 7.53. The molecule has 4 heterocycles. The number of sulfonamides is 1. The molecule has 0 saturated carbocycles. The van der Waals surface area contributed by atoms with Crippen molar-refractivity contribution in [3.05, 3.63) is 107 Å². The van der Waals surface area contributed by atoms with Crippen molar-refractivity contribution in [3.8, 4) is 11.8 Å². The number of pyridine rings is 2. The number of nitrogens with zero attached hydrogens (tertiary/aromatic N) is 6. The van der Waals surface area contributed by atoms with Gasteiger partial charge in [-0.25, -0.2) is 9.37 Å². The Morgan fingerprint density at radius 1 is 1.00 bits per heavy atom. The Bertz CT molecular complexity index is 1870. The van der Waals surface area contributed by atoms with Gasteiger partial charge in [-0.3, -0.25) is 14.7 Å². The van der Waals surface area contributed by atoms with Crippen molar-refractivity contribution in [2.45, 2.75) is 24.4 Å². The van der Waals surface area contributed by atoms with Crippen LogP contribution in [0.5, 0.6) is 5.75 Å². The first kappa shape index (κ1) is 29.2. The predicted octanol–water partition coefficient (Wildman–Crippen LogP) is 4.00. The Labute approximate surface area is 255 Å². The van der Waals surface area contributed by atoms with E-state index in [-0.39, 0.29) is 34.2 Å². The molecule has 10 nitrogen and oxygen atoms in total. The van der Waals surface area contributed by atoms with Crippen molar-refractivity contribution in [2.24, 2.45) is 0 Å². The number of halogens is 1. The summed E-state index contributed by atoms with van der Waals surface area (Å²) in [6.07, 6.45) is 4.84. The molecule has 6 rings (SSSR count). The quantitative estimate of drug-likeness (QED) is 0.305. The number of nitriles is 1. The standard InChI is InChI=1S/C32H29FN6O4S/c1-3-43-29-19-24(33)6-7-26(29)32(38-16-14-37(15-17-38)25-10-12-35-13-11-25)27-18-23(20-34)5-8-28(27)39(31(32)40)44(41,42)30-9-4-22(2)21-36-30/h4-13,18-19,21H,3,14-17H2,1-2H3. The van der Waals surface area contributed by atoms with Gasteiger partial charge in [0.25, 0.3) is 15.9 Å². The topological polar surface area (TPSA) is 120 Å². The number of hydrogen-bond acceptors (Lipinski definition) is 9. The highest BCUT2D eigenvalue weighted by atomic mass is 32.2. The molecule has 1 atom stereocenters. The number of piperazine rings is 1. The van der Waals surface area contributed by atoms with Crippen LogP contribution in [0.1, 0.15) is 29.2 Å². The minimum atomic E-state index is -4.51. The number of aromatic nitrogens is 2. The Morgan fingerprint density at radius 2 is 1.75 bits per heavy atom. The normalized spacial score (nSPS) is 18.6. The van der Waals surface area contributed by atoms with Crippen molar-refractivity contribution in [3.63, 3.8) is 0 Å². The average Bonchev–Trinajstić information content (AvgIpc) is 3.30. The van der Waals surface area contributed by atoms with Crippen LogP contribution < -0.4 is 13.9 Å². The number of rotatable bonds is 7. The lowest BCUT2D eigenvalue weighted by molar-refractivity contribution is -0.127. The summed E-state index contributed by atoms with van der Waals surface area (Å²) in [5.74, 6) is -1.24. The van der Waals surface area contributed by atoms with E-state index in [0.29, 0.717) is 31.7 Å². The molecule has 4 aromatic rings. The van der Waals surface area contributed by atoms with E-state index in [9.17, 15) is 18.1 Å². The van der Waals surface area contributed by atoms with E-state index in [4.69, 9.17) is 4.74 Å². The molecule has 0 N–H and O–H groups in total. The largest absolute Gasteiger partial charge is 0.493 e. The van der Waals surface area contributed by atoms with Gasteiger partial charge in [-0.2, -0.15) is 18.0 Å². The van der Waals surface area contributed by atoms with Crippen molar-refractivity contribution in [1.29, 1.82) is 5.26 Å². The Hall–Kier alpha value is -4.86. The third kappa shape index (κ3) is 4.65. The van der Waals surface area contributed by atoms with Crippen LogP contribution in [0.2, 0.25) is 0 Å². The van der Waals surface area contributed by atoms with Crippen LogP contribution in [-0.2, 0) is 20.4 Å². The Morgan fingerprint density at radius 3 is 2.41 bits per heavy atom. The summed E-state index contributed by atoms with van der Waals surface area (Å²) >= 11 is 0. The van der Waals surface area contributed by atoms with Crippen molar-refractivity contribution >= 4 is 27.3 Å². The third-order valence-corrected chi connectivity index (χ3v) is 9.65. The summed E-state index contributed by atoms with van der Waals surface area (Å²) < 4.78 is 49.8. The molecule has 0 aliphatic carbocycles. The number of benzene rings is 2. The molecule has 2 aliphatic rings. The zero-order valence-corrected chi connectivity index (χ0v) is 25.0.